The van der Waals surface area contributed by atoms with Crippen LogP contribution >= 0.6 is 0 Å². The number of hydrogen-bond acceptors (Lipinski definition) is 5. The third-order valence-corrected chi connectivity index (χ3v) is 2.42. The van der Waals surface area contributed by atoms with E-state index in [9.17, 15) is 9.59 Å². The quantitative estimate of drug-likeness (QED) is 0.482. The minimum atomic E-state index is -0.927. The van der Waals surface area contributed by atoms with Crippen molar-refractivity contribution in [1.82, 2.24) is 5.32 Å². The lowest BCUT2D eigenvalue weighted by atomic mass is 10.1. The van der Waals surface area contributed by atoms with E-state index in [4.69, 9.17) is 15.9 Å². The lowest BCUT2D eigenvalue weighted by Crippen LogP contribution is -2.48. The molecule has 6 heteroatoms. The van der Waals surface area contributed by atoms with Crippen molar-refractivity contribution in [2.45, 2.75) is 18.5 Å². The highest BCUT2D eigenvalue weighted by atomic mass is 16.3. The van der Waals surface area contributed by atoms with E-state index in [2.05, 4.69) is 5.32 Å². The van der Waals surface area contributed by atoms with Crippen LogP contribution in [0.3, 0.4) is 0 Å². The zero-order valence-electron chi connectivity index (χ0n) is 9.74. The highest BCUT2D eigenvalue weighted by molar-refractivity contribution is 5.84. The molecule has 2 atom stereocenters. The topological polar surface area (TPSA) is 113 Å². The number of phenols is 1. The van der Waals surface area contributed by atoms with Gasteiger partial charge in [0.2, 0.25) is 5.91 Å². The van der Waals surface area contributed by atoms with Crippen molar-refractivity contribution in [3.63, 3.8) is 0 Å². The molecule has 1 amide bonds. The first-order valence-corrected chi connectivity index (χ1v) is 5.47. The van der Waals surface area contributed by atoms with Crippen molar-refractivity contribution in [3.8, 4) is 5.75 Å². The van der Waals surface area contributed by atoms with Crippen LogP contribution in [-0.4, -0.2) is 41.1 Å². The molecule has 0 spiro atoms. The Hall–Kier alpha value is -1.92. The van der Waals surface area contributed by atoms with E-state index < -0.39 is 24.6 Å². The van der Waals surface area contributed by atoms with Gasteiger partial charge in [0.05, 0.1) is 12.6 Å². The minimum absolute atomic E-state index is 0.137. The predicted molar refractivity (Wildman–Crippen MR) is 64.9 cm³/mol. The lowest BCUT2D eigenvalue weighted by Gasteiger charge is -2.15. The first-order valence-electron chi connectivity index (χ1n) is 5.47. The Balaban J connectivity index is 2.54. The van der Waals surface area contributed by atoms with Crippen molar-refractivity contribution in [1.29, 1.82) is 0 Å². The number of hydrogen-bond donors (Lipinski definition) is 4. The molecular weight excluding hydrogens is 236 g/mol. The number of aldehydes is 1. The van der Waals surface area contributed by atoms with Crippen molar-refractivity contribution in [3.05, 3.63) is 29.8 Å². The molecule has 6 nitrogen and oxygen atoms in total. The largest absolute Gasteiger partial charge is 0.508 e. The maximum absolute atomic E-state index is 11.6. The van der Waals surface area contributed by atoms with Gasteiger partial charge >= 0.3 is 0 Å². The smallest absolute Gasteiger partial charge is 0.237 e. The van der Waals surface area contributed by atoms with Gasteiger partial charge in [0, 0.05) is 0 Å². The number of aliphatic hydroxyl groups excluding tert-OH is 1. The zero-order valence-corrected chi connectivity index (χ0v) is 9.74. The summed E-state index contributed by atoms with van der Waals surface area (Å²) in [6.45, 7) is -0.457. The third-order valence-electron chi connectivity index (χ3n) is 2.42. The van der Waals surface area contributed by atoms with Crippen LogP contribution in [0.4, 0.5) is 0 Å². The Kier molecular flexibility index (Phi) is 5.29. The van der Waals surface area contributed by atoms with E-state index in [1.165, 1.54) is 12.1 Å². The van der Waals surface area contributed by atoms with Crippen LogP contribution in [0.15, 0.2) is 24.3 Å². The fraction of sp³-hybridized carbons (Fsp3) is 0.333. The summed E-state index contributed by atoms with van der Waals surface area (Å²) in [7, 11) is 0. The van der Waals surface area contributed by atoms with Gasteiger partial charge in [0.15, 0.2) is 0 Å². The second kappa shape index (κ2) is 6.73. The lowest BCUT2D eigenvalue weighted by molar-refractivity contribution is -0.125. The maximum Gasteiger partial charge on any atom is 0.237 e. The van der Waals surface area contributed by atoms with Crippen LogP contribution in [-0.2, 0) is 16.0 Å². The highest BCUT2D eigenvalue weighted by Gasteiger charge is 2.17. The Morgan fingerprint density at radius 2 is 2.00 bits per heavy atom. The van der Waals surface area contributed by atoms with Gasteiger partial charge in [0.25, 0.3) is 0 Å². The number of amides is 1. The Bertz CT molecular complexity index is 405. The molecule has 0 unspecified atom stereocenters. The molecular formula is C12H16N2O4. The number of aromatic hydroxyl groups is 1. The van der Waals surface area contributed by atoms with Gasteiger partial charge in [-0.15, -0.1) is 0 Å². The molecule has 0 aliphatic rings. The van der Waals surface area contributed by atoms with Crippen LogP contribution in [0.25, 0.3) is 0 Å². The van der Waals surface area contributed by atoms with Gasteiger partial charge in [0.1, 0.15) is 18.1 Å². The molecule has 5 N–H and O–H groups in total. The maximum atomic E-state index is 11.6. The monoisotopic (exact) mass is 252 g/mol. The molecule has 1 aromatic rings. The van der Waals surface area contributed by atoms with Gasteiger partial charge in [-0.05, 0) is 24.1 Å². The van der Waals surface area contributed by atoms with Gasteiger partial charge < -0.3 is 26.1 Å². The summed E-state index contributed by atoms with van der Waals surface area (Å²) in [6, 6.07) is 4.58. The van der Waals surface area contributed by atoms with E-state index in [0.717, 1.165) is 5.56 Å². The second-order valence-corrected chi connectivity index (χ2v) is 3.91. The number of carbonyl (C=O) groups is 2. The normalized spacial score (nSPS) is 13.7. The fourth-order valence-corrected chi connectivity index (χ4v) is 1.39. The van der Waals surface area contributed by atoms with E-state index in [0.29, 0.717) is 6.29 Å². The molecule has 1 rings (SSSR count). The standard InChI is InChI=1S/C12H16N2O4/c13-11(12(18)14-9(6-15)7-16)5-8-1-3-10(17)4-2-8/h1-4,6,9,11,16-17H,5,7,13H2,(H,14,18)/t9-,11+/m1/s1. The summed E-state index contributed by atoms with van der Waals surface area (Å²) in [5, 5.41) is 20.2. The Labute approximate surface area is 104 Å². The van der Waals surface area contributed by atoms with Crippen LogP contribution < -0.4 is 11.1 Å². The number of benzene rings is 1. The number of rotatable bonds is 6. The third kappa shape index (κ3) is 4.15. The predicted octanol–water partition coefficient (Wildman–Crippen LogP) is -1.06. The number of aliphatic hydroxyl groups is 1. The number of nitrogens with one attached hydrogen (secondary N) is 1. The van der Waals surface area contributed by atoms with E-state index in [1.807, 2.05) is 0 Å². The summed E-state index contributed by atoms with van der Waals surface area (Å²) >= 11 is 0. The molecule has 1 aromatic carbocycles. The second-order valence-electron chi connectivity index (χ2n) is 3.91. The van der Waals surface area contributed by atoms with E-state index in [1.54, 1.807) is 12.1 Å². The summed E-state index contributed by atoms with van der Waals surface area (Å²) in [5.41, 5.74) is 6.47. The van der Waals surface area contributed by atoms with Gasteiger partial charge in [-0.3, -0.25) is 4.79 Å². The molecule has 0 aromatic heterocycles. The summed E-state index contributed by atoms with van der Waals surface area (Å²) < 4.78 is 0. The molecule has 0 fully saturated rings. The molecule has 18 heavy (non-hydrogen) atoms. The first kappa shape index (κ1) is 14.1. The number of phenolic OH excluding ortho intramolecular Hbond substituents is 1. The van der Waals surface area contributed by atoms with Crippen molar-refractivity contribution in [2.75, 3.05) is 6.61 Å². The van der Waals surface area contributed by atoms with E-state index in [-0.39, 0.29) is 12.2 Å². The number of carbonyl (C=O) groups excluding carboxylic acids is 2. The summed E-state index contributed by atoms with van der Waals surface area (Å²) in [6.07, 6.45) is 0.730. The van der Waals surface area contributed by atoms with Gasteiger partial charge in [-0.1, -0.05) is 12.1 Å². The van der Waals surface area contributed by atoms with Crippen molar-refractivity contribution >= 4 is 12.2 Å². The highest BCUT2D eigenvalue weighted by Crippen LogP contribution is 2.10. The molecule has 0 radical (unpaired) electrons. The van der Waals surface area contributed by atoms with Crippen molar-refractivity contribution < 1.29 is 19.8 Å². The molecule has 0 aliphatic heterocycles. The first-order chi connectivity index (χ1) is 8.56. The molecule has 0 bridgehead atoms. The van der Waals surface area contributed by atoms with Crippen LogP contribution in [0.5, 0.6) is 5.75 Å². The molecule has 98 valence electrons. The summed E-state index contributed by atoms with van der Waals surface area (Å²) in [4.78, 5) is 22.0. The number of nitrogens with two attached hydrogens (primary N) is 1. The van der Waals surface area contributed by atoms with Crippen LogP contribution in [0.1, 0.15) is 5.56 Å². The van der Waals surface area contributed by atoms with Crippen LogP contribution in [0, 0.1) is 0 Å². The van der Waals surface area contributed by atoms with Gasteiger partial charge in [-0.25, -0.2) is 0 Å². The molecule has 0 heterocycles. The average Bonchev–Trinajstić information content (AvgIpc) is 2.38. The van der Waals surface area contributed by atoms with Gasteiger partial charge in [-0.2, -0.15) is 0 Å². The minimum Gasteiger partial charge on any atom is -0.508 e. The summed E-state index contributed by atoms with van der Waals surface area (Å²) in [5.74, 6) is -0.368. The Morgan fingerprint density at radius 3 is 2.50 bits per heavy atom. The molecule has 0 saturated heterocycles. The average molecular weight is 252 g/mol. The Morgan fingerprint density at radius 1 is 1.39 bits per heavy atom. The molecule has 0 aliphatic carbocycles. The van der Waals surface area contributed by atoms with Crippen LogP contribution in [0.2, 0.25) is 0 Å². The van der Waals surface area contributed by atoms with E-state index >= 15 is 0 Å². The SMILES string of the molecule is N[C@@H](Cc1ccc(O)cc1)C(=O)N[C@H](C=O)CO. The fourth-order valence-electron chi connectivity index (χ4n) is 1.39. The zero-order chi connectivity index (χ0) is 13.5. The molecule has 0 saturated carbocycles. The van der Waals surface area contributed by atoms with Crippen molar-refractivity contribution in [2.24, 2.45) is 5.73 Å².